The van der Waals surface area contributed by atoms with Gasteiger partial charge in [-0.15, -0.1) is 11.8 Å². The van der Waals surface area contributed by atoms with E-state index in [2.05, 4.69) is 29.4 Å². The van der Waals surface area contributed by atoms with Crippen LogP contribution in [0.4, 0.5) is 5.13 Å². The molecular weight excluding hydrogens is 352 g/mol. The summed E-state index contributed by atoms with van der Waals surface area (Å²) < 4.78 is 6.28. The van der Waals surface area contributed by atoms with E-state index in [9.17, 15) is 4.79 Å². The Morgan fingerprint density at radius 3 is 2.56 bits per heavy atom. The smallest absolute Gasteiger partial charge is 0.226 e. The van der Waals surface area contributed by atoms with Gasteiger partial charge in [-0.05, 0) is 49.2 Å². The number of thioether (sulfide) groups is 1. The average molecular weight is 373 g/mol. The molecule has 6 heteroatoms. The molecule has 1 heterocycles. The van der Waals surface area contributed by atoms with Crippen LogP contribution in [0, 0.1) is 13.8 Å². The summed E-state index contributed by atoms with van der Waals surface area (Å²) in [6.45, 7) is 4.11. The van der Waals surface area contributed by atoms with Crippen LogP contribution in [0.2, 0.25) is 0 Å². The van der Waals surface area contributed by atoms with Gasteiger partial charge in [0.2, 0.25) is 5.91 Å². The lowest BCUT2D eigenvalue weighted by Gasteiger charge is -2.04. The minimum absolute atomic E-state index is 0.00428. The van der Waals surface area contributed by atoms with E-state index in [0.717, 1.165) is 32.2 Å². The number of anilines is 1. The fourth-order valence-corrected chi connectivity index (χ4v) is 4.31. The first-order valence-electron chi connectivity index (χ1n) is 8.00. The molecule has 1 N–H and O–H groups in total. The minimum Gasteiger partial charge on any atom is -0.497 e. The summed E-state index contributed by atoms with van der Waals surface area (Å²) >= 11 is 3.19. The molecule has 0 unspecified atom stereocenters. The van der Waals surface area contributed by atoms with Crippen molar-refractivity contribution in [3.05, 3.63) is 47.5 Å². The molecule has 0 spiro atoms. The molecule has 0 saturated heterocycles. The van der Waals surface area contributed by atoms with Crippen molar-refractivity contribution in [3.8, 4) is 5.75 Å². The van der Waals surface area contributed by atoms with Crippen LogP contribution in [-0.4, -0.2) is 23.8 Å². The molecule has 0 radical (unpaired) electrons. The van der Waals surface area contributed by atoms with Gasteiger partial charge in [0.05, 0.1) is 17.3 Å². The van der Waals surface area contributed by atoms with E-state index < -0.39 is 0 Å². The van der Waals surface area contributed by atoms with Crippen molar-refractivity contribution in [3.63, 3.8) is 0 Å². The zero-order valence-electron chi connectivity index (χ0n) is 14.5. The summed E-state index contributed by atoms with van der Waals surface area (Å²) in [7, 11) is 1.65. The Kier molecular flexibility index (Phi) is 5.60. The number of carbonyl (C=O) groups excluding carboxylic acids is 1. The molecule has 0 atom stereocenters. The first-order valence-corrected chi connectivity index (χ1v) is 9.80. The maximum absolute atomic E-state index is 12.2. The summed E-state index contributed by atoms with van der Waals surface area (Å²) in [4.78, 5) is 17.9. The van der Waals surface area contributed by atoms with Crippen LogP contribution in [0.25, 0.3) is 10.2 Å². The van der Waals surface area contributed by atoms with Crippen LogP contribution in [0.5, 0.6) is 5.75 Å². The highest BCUT2D eigenvalue weighted by Gasteiger charge is 2.11. The highest BCUT2D eigenvalue weighted by atomic mass is 32.2. The number of thiazole rings is 1. The molecule has 3 rings (SSSR count). The number of rotatable bonds is 6. The van der Waals surface area contributed by atoms with E-state index in [0.29, 0.717) is 11.6 Å². The third-order valence-corrected chi connectivity index (χ3v) is 5.97. The van der Waals surface area contributed by atoms with Gasteiger partial charge < -0.3 is 10.1 Å². The van der Waals surface area contributed by atoms with Crippen molar-refractivity contribution in [1.82, 2.24) is 4.98 Å². The molecule has 0 aliphatic heterocycles. The van der Waals surface area contributed by atoms with E-state index in [1.165, 1.54) is 16.9 Å². The predicted octanol–water partition coefficient (Wildman–Crippen LogP) is 5.04. The van der Waals surface area contributed by atoms with Gasteiger partial charge in [-0.3, -0.25) is 4.79 Å². The number of aromatic nitrogens is 1. The van der Waals surface area contributed by atoms with Crippen molar-refractivity contribution in [2.24, 2.45) is 0 Å². The fraction of sp³-hybridized carbons (Fsp3) is 0.263. The molecule has 25 heavy (non-hydrogen) atoms. The van der Waals surface area contributed by atoms with Crippen LogP contribution in [-0.2, 0) is 4.79 Å². The second-order valence-electron chi connectivity index (χ2n) is 5.72. The Hall–Kier alpha value is -2.05. The topological polar surface area (TPSA) is 51.2 Å². The number of aryl methyl sites for hydroxylation is 2. The number of methoxy groups -OCH3 is 1. The maximum atomic E-state index is 12.2. The molecular formula is C19H20N2O2S2. The number of fused-ring (bicyclic) bond motifs is 1. The molecule has 4 nitrogen and oxygen atoms in total. The molecule has 1 amide bonds. The third kappa shape index (κ3) is 4.32. The van der Waals surface area contributed by atoms with Crippen molar-refractivity contribution in [2.75, 3.05) is 18.2 Å². The van der Waals surface area contributed by atoms with Crippen molar-refractivity contribution < 1.29 is 9.53 Å². The highest BCUT2D eigenvalue weighted by Crippen LogP contribution is 2.31. The number of nitrogens with one attached hydrogen (secondary N) is 1. The largest absolute Gasteiger partial charge is 0.497 e. The number of amides is 1. The number of carbonyl (C=O) groups is 1. The van der Waals surface area contributed by atoms with Gasteiger partial charge in [-0.1, -0.05) is 23.5 Å². The number of hydrogen-bond acceptors (Lipinski definition) is 5. The van der Waals surface area contributed by atoms with E-state index in [4.69, 9.17) is 4.74 Å². The Morgan fingerprint density at radius 1 is 1.16 bits per heavy atom. The van der Waals surface area contributed by atoms with Gasteiger partial charge >= 0.3 is 0 Å². The van der Waals surface area contributed by atoms with Gasteiger partial charge in [0.25, 0.3) is 0 Å². The van der Waals surface area contributed by atoms with Gasteiger partial charge in [-0.2, -0.15) is 0 Å². The third-order valence-electron chi connectivity index (χ3n) is 3.85. The van der Waals surface area contributed by atoms with E-state index in [1.807, 2.05) is 31.2 Å². The normalized spacial score (nSPS) is 10.8. The van der Waals surface area contributed by atoms with Crippen LogP contribution >= 0.6 is 23.1 Å². The standard InChI is InChI=1S/C19H20N2O2S2/c1-12-4-5-13(2)18-17(12)21-19(25-18)20-16(22)10-11-24-15-8-6-14(23-3)7-9-15/h4-9H,10-11H2,1-3H3,(H,20,21,22). The Morgan fingerprint density at radius 2 is 1.88 bits per heavy atom. The summed E-state index contributed by atoms with van der Waals surface area (Å²) in [6.07, 6.45) is 0.449. The van der Waals surface area contributed by atoms with Gasteiger partial charge in [-0.25, -0.2) is 4.98 Å². The van der Waals surface area contributed by atoms with Crippen molar-refractivity contribution >= 4 is 44.4 Å². The van der Waals surface area contributed by atoms with Crippen LogP contribution in [0.15, 0.2) is 41.3 Å². The number of nitrogens with zero attached hydrogens (tertiary/aromatic N) is 1. The van der Waals surface area contributed by atoms with Gasteiger partial charge in [0.15, 0.2) is 5.13 Å². The second-order valence-corrected chi connectivity index (χ2v) is 7.89. The molecule has 0 fully saturated rings. The molecule has 0 saturated carbocycles. The van der Waals surface area contributed by atoms with E-state index in [1.54, 1.807) is 18.9 Å². The molecule has 0 bridgehead atoms. The molecule has 1 aromatic heterocycles. The Bertz CT molecular complexity index is 849. The molecule has 0 aliphatic carbocycles. The summed E-state index contributed by atoms with van der Waals surface area (Å²) in [5, 5.41) is 3.60. The lowest BCUT2D eigenvalue weighted by Crippen LogP contribution is -2.11. The fourth-order valence-electron chi connectivity index (χ4n) is 2.43. The number of hydrogen-bond donors (Lipinski definition) is 1. The molecule has 3 aromatic rings. The summed E-state index contributed by atoms with van der Waals surface area (Å²) in [5.74, 6) is 1.56. The number of benzene rings is 2. The Labute approximate surface area is 155 Å². The maximum Gasteiger partial charge on any atom is 0.226 e. The molecule has 2 aromatic carbocycles. The predicted molar refractivity (Wildman–Crippen MR) is 106 cm³/mol. The van der Waals surface area contributed by atoms with Gasteiger partial charge in [0, 0.05) is 17.1 Å². The molecule has 130 valence electrons. The first-order chi connectivity index (χ1) is 12.1. The minimum atomic E-state index is -0.00428. The SMILES string of the molecule is COc1ccc(SCCC(=O)Nc2nc3c(C)ccc(C)c3s2)cc1. The average Bonchev–Trinajstić information content (AvgIpc) is 3.04. The zero-order valence-corrected chi connectivity index (χ0v) is 16.1. The summed E-state index contributed by atoms with van der Waals surface area (Å²) in [6, 6.07) is 12.0. The summed E-state index contributed by atoms with van der Waals surface area (Å²) in [5.41, 5.74) is 3.30. The number of ether oxygens (including phenoxy) is 1. The first kappa shape index (κ1) is 17.8. The van der Waals surface area contributed by atoms with Gasteiger partial charge in [0.1, 0.15) is 5.75 Å². The zero-order chi connectivity index (χ0) is 17.8. The Balaban J connectivity index is 1.55. The lowest BCUT2D eigenvalue weighted by atomic mass is 10.1. The second kappa shape index (κ2) is 7.89. The quantitative estimate of drug-likeness (QED) is 0.616. The van der Waals surface area contributed by atoms with Crippen LogP contribution in [0.3, 0.4) is 0 Å². The monoisotopic (exact) mass is 372 g/mol. The van der Waals surface area contributed by atoms with Crippen LogP contribution in [0.1, 0.15) is 17.5 Å². The lowest BCUT2D eigenvalue weighted by molar-refractivity contribution is -0.115. The van der Waals surface area contributed by atoms with Crippen molar-refractivity contribution in [1.29, 1.82) is 0 Å². The van der Waals surface area contributed by atoms with Crippen molar-refractivity contribution in [2.45, 2.75) is 25.2 Å². The van der Waals surface area contributed by atoms with E-state index in [-0.39, 0.29) is 5.91 Å². The highest BCUT2D eigenvalue weighted by molar-refractivity contribution is 7.99. The molecule has 0 aliphatic rings. The van der Waals surface area contributed by atoms with Crippen LogP contribution < -0.4 is 10.1 Å². The van der Waals surface area contributed by atoms with E-state index >= 15 is 0 Å².